The van der Waals surface area contributed by atoms with Crippen molar-refractivity contribution < 1.29 is 29.2 Å². The summed E-state index contributed by atoms with van der Waals surface area (Å²) in [5.74, 6) is -3.31. The van der Waals surface area contributed by atoms with Crippen LogP contribution in [0.2, 0.25) is 0 Å². The van der Waals surface area contributed by atoms with Crippen molar-refractivity contribution in [3.05, 3.63) is 0 Å². The van der Waals surface area contributed by atoms with Gasteiger partial charge in [0.1, 0.15) is 6.10 Å². The van der Waals surface area contributed by atoms with Gasteiger partial charge in [0.15, 0.2) is 0 Å². The van der Waals surface area contributed by atoms with Gasteiger partial charge in [-0.1, -0.05) is 0 Å². The zero-order valence-corrected chi connectivity index (χ0v) is 7.79. The molecule has 0 bridgehead atoms. The highest BCUT2D eigenvalue weighted by atomic mass is 19.3. The van der Waals surface area contributed by atoms with Crippen molar-refractivity contribution in [2.45, 2.75) is 36.3 Å². The molecule has 2 aliphatic heterocycles. The molecule has 2 aliphatic rings. The zero-order valence-electron chi connectivity index (χ0n) is 7.79. The Labute approximate surface area is 84.6 Å². The summed E-state index contributed by atoms with van der Waals surface area (Å²) in [5.41, 5.74) is 0. The third kappa shape index (κ3) is 1.38. The van der Waals surface area contributed by atoms with E-state index in [9.17, 15) is 24.1 Å². The topological polar surface area (TPSA) is 84.2 Å². The average molecular weight is 225 g/mol. The molecule has 0 aromatic rings. The van der Waals surface area contributed by atoms with Crippen molar-refractivity contribution in [1.82, 2.24) is 4.90 Å². The van der Waals surface area contributed by atoms with E-state index in [0.717, 1.165) is 4.90 Å². The van der Waals surface area contributed by atoms with Crippen LogP contribution in [0.3, 0.4) is 0 Å². The molecule has 2 heterocycles. The van der Waals surface area contributed by atoms with Gasteiger partial charge in [-0.15, -0.1) is 0 Å². The first-order valence-electron chi connectivity index (χ1n) is 4.69. The van der Waals surface area contributed by atoms with Gasteiger partial charge in [0, 0.05) is 0 Å². The molecule has 2 saturated heterocycles. The van der Waals surface area contributed by atoms with Gasteiger partial charge in [-0.25, -0.2) is 8.78 Å². The first kappa shape index (κ1) is 11.2. The lowest BCUT2D eigenvalue weighted by Crippen LogP contribution is -2.44. The lowest BCUT2D eigenvalue weighted by atomic mass is 10.0. The Morgan fingerprint density at radius 3 is 2.33 bits per heavy atom. The normalized spacial score (nSPS) is 49.6. The maximum atomic E-state index is 13.1. The van der Waals surface area contributed by atoms with Crippen LogP contribution in [0.1, 0.15) is 0 Å². The van der Waals surface area contributed by atoms with E-state index in [-0.39, 0.29) is 0 Å². The second kappa shape index (κ2) is 3.33. The van der Waals surface area contributed by atoms with Gasteiger partial charge in [0.05, 0.1) is 37.4 Å². The summed E-state index contributed by atoms with van der Waals surface area (Å²) in [6, 6.07) is -2.14. The molecule has 2 fully saturated rings. The Morgan fingerprint density at radius 1 is 1.20 bits per heavy atom. The molecule has 0 aromatic heterocycles. The maximum absolute atomic E-state index is 13.1. The molecule has 2 rings (SSSR count). The van der Waals surface area contributed by atoms with Crippen LogP contribution < -0.4 is 0 Å². The van der Waals surface area contributed by atoms with Crippen LogP contribution in [-0.4, -0.2) is 74.8 Å². The third-order valence-corrected chi connectivity index (χ3v) is 3.24. The maximum Gasteiger partial charge on any atom is 0.287 e. The Bertz CT molecular complexity index is 265. The number of hydrogen-bond donors (Lipinski definition) is 4. The number of halogens is 2. The van der Waals surface area contributed by atoms with Crippen LogP contribution in [0.4, 0.5) is 8.78 Å². The second-order valence-corrected chi connectivity index (χ2v) is 4.10. The summed E-state index contributed by atoms with van der Waals surface area (Å²) in [7, 11) is 0. The minimum atomic E-state index is -3.31. The third-order valence-electron chi connectivity index (χ3n) is 3.24. The lowest BCUT2D eigenvalue weighted by Gasteiger charge is -2.22. The number of fused-ring (bicyclic) bond motifs is 1. The van der Waals surface area contributed by atoms with Crippen LogP contribution in [0, 0.1) is 0 Å². The molecule has 7 heteroatoms. The number of alkyl halides is 2. The van der Waals surface area contributed by atoms with E-state index >= 15 is 0 Å². The highest BCUT2D eigenvalue weighted by Crippen LogP contribution is 2.40. The number of rotatable bonds is 1. The van der Waals surface area contributed by atoms with Crippen LogP contribution in [-0.2, 0) is 0 Å². The average Bonchev–Trinajstić information content (AvgIpc) is 2.50. The number of aliphatic hydroxyl groups is 4. The van der Waals surface area contributed by atoms with E-state index in [1.165, 1.54) is 0 Å². The minimum Gasteiger partial charge on any atom is -0.395 e. The van der Waals surface area contributed by atoms with Gasteiger partial charge < -0.3 is 20.4 Å². The smallest absolute Gasteiger partial charge is 0.287 e. The van der Waals surface area contributed by atoms with Crippen molar-refractivity contribution in [2.24, 2.45) is 0 Å². The first-order chi connectivity index (χ1) is 6.90. The van der Waals surface area contributed by atoms with Crippen molar-refractivity contribution in [3.63, 3.8) is 0 Å². The van der Waals surface area contributed by atoms with E-state index in [0.29, 0.717) is 0 Å². The first-order valence-corrected chi connectivity index (χ1v) is 4.69. The second-order valence-electron chi connectivity index (χ2n) is 4.10. The van der Waals surface area contributed by atoms with E-state index in [1.807, 2.05) is 0 Å². The van der Waals surface area contributed by atoms with Crippen molar-refractivity contribution in [3.8, 4) is 0 Å². The molecule has 0 amide bonds. The molecule has 5 nitrogen and oxygen atoms in total. The van der Waals surface area contributed by atoms with Crippen molar-refractivity contribution >= 4 is 0 Å². The summed E-state index contributed by atoms with van der Waals surface area (Å²) in [6.07, 6.45) is -4.75. The summed E-state index contributed by atoms with van der Waals surface area (Å²) < 4.78 is 26.2. The van der Waals surface area contributed by atoms with E-state index in [1.54, 1.807) is 0 Å². The molecule has 0 saturated carbocycles. The molecule has 0 spiro atoms. The molecule has 0 unspecified atom stereocenters. The van der Waals surface area contributed by atoms with Crippen LogP contribution in [0.15, 0.2) is 0 Å². The number of aliphatic hydroxyl groups excluding tert-OH is 4. The molecule has 4 N–H and O–H groups in total. The van der Waals surface area contributed by atoms with Crippen molar-refractivity contribution in [1.29, 1.82) is 0 Å². The Hall–Kier alpha value is -0.340. The van der Waals surface area contributed by atoms with Crippen LogP contribution in [0.5, 0.6) is 0 Å². The largest absolute Gasteiger partial charge is 0.395 e. The zero-order chi connectivity index (χ0) is 11.4. The molecular weight excluding hydrogens is 212 g/mol. The van der Waals surface area contributed by atoms with Gasteiger partial charge in [0.2, 0.25) is 0 Å². The van der Waals surface area contributed by atoms with E-state index in [4.69, 9.17) is 5.11 Å². The van der Waals surface area contributed by atoms with Gasteiger partial charge in [0.25, 0.3) is 5.92 Å². The summed E-state index contributed by atoms with van der Waals surface area (Å²) in [5, 5.41) is 37.1. The number of hydrogen-bond acceptors (Lipinski definition) is 5. The molecule has 15 heavy (non-hydrogen) atoms. The molecule has 0 aliphatic carbocycles. The quantitative estimate of drug-likeness (QED) is 0.405. The van der Waals surface area contributed by atoms with Gasteiger partial charge in [-0.05, 0) is 0 Å². The van der Waals surface area contributed by atoms with Gasteiger partial charge in [-0.2, -0.15) is 0 Å². The highest BCUT2D eigenvalue weighted by molar-refractivity contribution is 5.12. The molecule has 88 valence electrons. The summed E-state index contributed by atoms with van der Waals surface area (Å²) in [4.78, 5) is 1.07. The fourth-order valence-corrected chi connectivity index (χ4v) is 2.43. The minimum absolute atomic E-state index is 0.530. The fraction of sp³-hybridized carbons (Fsp3) is 1.00. The Balaban J connectivity index is 2.27. The summed E-state index contributed by atoms with van der Waals surface area (Å²) in [6.45, 7) is -1.28. The summed E-state index contributed by atoms with van der Waals surface area (Å²) >= 11 is 0. The van der Waals surface area contributed by atoms with Gasteiger partial charge in [-0.3, -0.25) is 4.90 Å². The van der Waals surface area contributed by atoms with Crippen LogP contribution in [0.25, 0.3) is 0 Å². The van der Waals surface area contributed by atoms with E-state index in [2.05, 4.69) is 0 Å². The lowest BCUT2D eigenvalue weighted by molar-refractivity contribution is -0.102. The molecule has 0 aromatic carbocycles. The predicted octanol–water partition coefficient (Wildman–Crippen LogP) is -2.24. The molecule has 0 radical (unpaired) electrons. The number of nitrogens with zero attached hydrogens (tertiary/aromatic N) is 1. The van der Waals surface area contributed by atoms with Crippen molar-refractivity contribution in [2.75, 3.05) is 13.2 Å². The highest BCUT2D eigenvalue weighted by Gasteiger charge is 2.63. The predicted molar refractivity (Wildman–Crippen MR) is 44.3 cm³/mol. The SMILES string of the molecule is OC[C@@H]1[C@@H](O)[C@H](O)[C@H]2[C@@H](O)C(F)(F)CN21. The fourth-order valence-electron chi connectivity index (χ4n) is 2.43. The Kier molecular flexibility index (Phi) is 2.47. The monoisotopic (exact) mass is 225 g/mol. The Morgan fingerprint density at radius 2 is 1.80 bits per heavy atom. The van der Waals surface area contributed by atoms with E-state index < -0.39 is 49.5 Å². The standard InChI is InChI=1S/C8H13F2NO4/c9-8(10)2-11-3(1-12)5(13)6(14)4(11)7(8)15/h3-7,12-15H,1-2H2/t3-,4+,5-,6-,7-/m1/s1. The van der Waals surface area contributed by atoms with Crippen LogP contribution >= 0.6 is 0 Å². The molecule has 5 atom stereocenters. The van der Waals surface area contributed by atoms with Gasteiger partial charge >= 0.3 is 0 Å². The molecular formula is C8H13F2NO4.